The van der Waals surface area contributed by atoms with Crippen molar-refractivity contribution in [2.45, 2.75) is 13.0 Å². The maximum absolute atomic E-state index is 12.2. The van der Waals surface area contributed by atoms with Crippen LogP contribution >= 0.6 is 0 Å². The Balaban J connectivity index is 1.95. The molecule has 0 spiro atoms. The molecule has 140 valence electrons. The number of fused-ring (bicyclic) bond motifs is 1. The van der Waals surface area contributed by atoms with E-state index in [-0.39, 0.29) is 11.3 Å². The summed E-state index contributed by atoms with van der Waals surface area (Å²) >= 11 is 0. The highest BCUT2D eigenvalue weighted by molar-refractivity contribution is 5.95. The number of nitrogens with zero attached hydrogens (tertiary/aromatic N) is 4. The highest BCUT2D eigenvalue weighted by atomic mass is 16.6. The number of hydrogen-bond donors (Lipinski definition) is 2. The second-order valence-corrected chi connectivity index (χ2v) is 6.32. The highest BCUT2D eigenvalue weighted by Gasteiger charge is 2.36. The van der Waals surface area contributed by atoms with Gasteiger partial charge >= 0.3 is 0 Å². The van der Waals surface area contributed by atoms with Crippen LogP contribution in [0.5, 0.6) is 0 Å². The Kier molecular flexibility index (Phi) is 4.11. The number of hydrogen-bond acceptors (Lipinski definition) is 6. The third-order valence-electron chi connectivity index (χ3n) is 4.58. The molecule has 1 aliphatic rings. The summed E-state index contributed by atoms with van der Waals surface area (Å²) in [6.07, 6.45) is 0. The van der Waals surface area contributed by atoms with E-state index in [1.165, 1.54) is 10.7 Å². The molecule has 0 saturated carbocycles. The molecule has 3 aromatic rings. The number of allylic oxidation sites excluding steroid dienone is 1. The molecular weight excluding hydrogens is 360 g/mol. The lowest BCUT2D eigenvalue weighted by Crippen LogP contribution is -2.32. The van der Waals surface area contributed by atoms with Gasteiger partial charge in [-0.3, -0.25) is 14.9 Å². The minimum atomic E-state index is -0.861. The zero-order valence-corrected chi connectivity index (χ0v) is 14.9. The molecule has 9 heteroatoms. The molecular formula is C19H16N6O3. The van der Waals surface area contributed by atoms with Crippen molar-refractivity contribution in [3.63, 3.8) is 0 Å². The van der Waals surface area contributed by atoms with Crippen LogP contribution in [0.1, 0.15) is 18.5 Å². The lowest BCUT2D eigenvalue weighted by atomic mass is 9.94. The van der Waals surface area contributed by atoms with E-state index in [4.69, 9.17) is 5.73 Å². The molecule has 2 aromatic carbocycles. The fourth-order valence-corrected chi connectivity index (χ4v) is 3.35. The second-order valence-electron chi connectivity index (χ2n) is 6.32. The average molecular weight is 376 g/mol. The van der Waals surface area contributed by atoms with E-state index in [9.17, 15) is 14.9 Å². The lowest BCUT2D eigenvalue weighted by Gasteiger charge is -2.27. The number of amides is 1. The smallest absolute Gasteiger partial charge is 0.275 e. The van der Waals surface area contributed by atoms with Gasteiger partial charge in [0.25, 0.3) is 5.69 Å². The number of para-hydroxylation sites is 1. The van der Waals surface area contributed by atoms with Crippen molar-refractivity contribution < 1.29 is 9.72 Å². The number of carbonyl (C=O) groups excluding carboxylic acids is 1. The lowest BCUT2D eigenvalue weighted by molar-refractivity contribution is -0.385. The van der Waals surface area contributed by atoms with Crippen LogP contribution in [0.4, 0.5) is 11.6 Å². The first-order chi connectivity index (χ1) is 13.5. The predicted molar refractivity (Wildman–Crippen MR) is 102 cm³/mol. The summed E-state index contributed by atoms with van der Waals surface area (Å²) in [4.78, 5) is 27.8. The molecule has 2 heterocycles. The molecule has 0 fully saturated rings. The minimum Gasteiger partial charge on any atom is -0.366 e. The van der Waals surface area contributed by atoms with E-state index < -0.39 is 16.9 Å². The molecule has 1 amide bonds. The van der Waals surface area contributed by atoms with E-state index >= 15 is 0 Å². The van der Waals surface area contributed by atoms with Crippen LogP contribution in [0.2, 0.25) is 0 Å². The Morgan fingerprint density at radius 2 is 1.86 bits per heavy atom. The van der Waals surface area contributed by atoms with Crippen LogP contribution in [-0.2, 0) is 4.79 Å². The summed E-state index contributed by atoms with van der Waals surface area (Å²) < 4.78 is 1.47. The first kappa shape index (κ1) is 17.4. The molecule has 3 N–H and O–H groups in total. The topological polar surface area (TPSA) is 129 Å². The van der Waals surface area contributed by atoms with Gasteiger partial charge in [-0.05, 0) is 13.0 Å². The third kappa shape index (κ3) is 2.78. The van der Waals surface area contributed by atoms with Crippen molar-refractivity contribution in [1.29, 1.82) is 0 Å². The van der Waals surface area contributed by atoms with Crippen LogP contribution in [0.25, 0.3) is 11.4 Å². The molecule has 1 unspecified atom stereocenters. The number of carbonyl (C=O) groups is 1. The molecule has 4 rings (SSSR count). The minimum absolute atomic E-state index is 0.122. The zero-order chi connectivity index (χ0) is 19.8. The number of nitrogens with one attached hydrogen (secondary N) is 1. The molecule has 0 radical (unpaired) electrons. The predicted octanol–water partition coefficient (Wildman–Crippen LogP) is 2.63. The van der Waals surface area contributed by atoms with E-state index in [2.05, 4.69) is 15.4 Å². The van der Waals surface area contributed by atoms with Crippen molar-refractivity contribution in [2.24, 2.45) is 5.73 Å². The summed E-state index contributed by atoms with van der Waals surface area (Å²) in [6.45, 7) is 1.68. The Bertz CT molecular complexity index is 1120. The average Bonchev–Trinajstić information content (AvgIpc) is 3.11. The first-order valence-electron chi connectivity index (χ1n) is 8.50. The first-order valence-corrected chi connectivity index (χ1v) is 8.50. The van der Waals surface area contributed by atoms with Gasteiger partial charge in [0, 0.05) is 17.3 Å². The normalized spacial score (nSPS) is 15.7. The summed E-state index contributed by atoms with van der Waals surface area (Å²) in [7, 11) is 0. The fourth-order valence-electron chi connectivity index (χ4n) is 3.35. The van der Waals surface area contributed by atoms with Crippen LogP contribution in [0, 0.1) is 10.1 Å². The molecule has 9 nitrogen and oxygen atoms in total. The van der Waals surface area contributed by atoms with Crippen molar-refractivity contribution in [1.82, 2.24) is 14.8 Å². The monoisotopic (exact) mass is 376 g/mol. The number of nitro benzene ring substituents is 1. The number of anilines is 1. The molecule has 0 aliphatic carbocycles. The van der Waals surface area contributed by atoms with E-state index in [1.54, 1.807) is 25.1 Å². The van der Waals surface area contributed by atoms with Crippen LogP contribution < -0.4 is 11.1 Å². The highest BCUT2D eigenvalue weighted by Crippen LogP contribution is 2.39. The van der Waals surface area contributed by atoms with Gasteiger partial charge in [-0.15, -0.1) is 5.10 Å². The number of benzene rings is 2. The fraction of sp³-hybridized carbons (Fsp3) is 0.105. The van der Waals surface area contributed by atoms with Gasteiger partial charge in [-0.2, -0.15) is 4.98 Å². The molecule has 0 bridgehead atoms. The van der Waals surface area contributed by atoms with Gasteiger partial charge in [-0.25, -0.2) is 4.68 Å². The Morgan fingerprint density at radius 3 is 2.54 bits per heavy atom. The van der Waals surface area contributed by atoms with E-state index in [0.29, 0.717) is 23.0 Å². The van der Waals surface area contributed by atoms with Gasteiger partial charge in [0.15, 0.2) is 5.82 Å². The SMILES string of the molecule is CC1=C(C(N)=O)C(c2ccccc2[N+](=O)[O-])n2nc(-c3ccccc3)nc2N1. The van der Waals surface area contributed by atoms with Gasteiger partial charge in [0.2, 0.25) is 11.9 Å². The van der Waals surface area contributed by atoms with Crippen LogP contribution in [0.3, 0.4) is 0 Å². The van der Waals surface area contributed by atoms with Gasteiger partial charge in [-0.1, -0.05) is 42.5 Å². The van der Waals surface area contributed by atoms with Crippen LogP contribution in [0.15, 0.2) is 65.9 Å². The van der Waals surface area contributed by atoms with Crippen molar-refractivity contribution in [3.8, 4) is 11.4 Å². The van der Waals surface area contributed by atoms with E-state index in [1.807, 2.05) is 30.3 Å². The third-order valence-corrected chi connectivity index (χ3v) is 4.58. The summed E-state index contributed by atoms with van der Waals surface area (Å²) in [6, 6.07) is 14.7. The number of aromatic nitrogens is 3. The maximum Gasteiger partial charge on any atom is 0.275 e. The van der Waals surface area contributed by atoms with Crippen molar-refractivity contribution in [2.75, 3.05) is 5.32 Å². The molecule has 0 saturated heterocycles. The van der Waals surface area contributed by atoms with Gasteiger partial charge < -0.3 is 11.1 Å². The zero-order valence-electron chi connectivity index (χ0n) is 14.9. The number of primary amides is 1. The summed E-state index contributed by atoms with van der Waals surface area (Å²) in [5.74, 6) is 0.130. The Hall–Kier alpha value is -4.01. The Labute approximate surface area is 159 Å². The summed E-state index contributed by atoms with van der Waals surface area (Å²) in [5.41, 5.74) is 7.27. The molecule has 1 atom stereocenters. The van der Waals surface area contributed by atoms with Crippen molar-refractivity contribution >= 4 is 17.5 Å². The number of nitro groups is 1. The Morgan fingerprint density at radius 1 is 1.18 bits per heavy atom. The molecule has 1 aromatic heterocycles. The van der Waals surface area contributed by atoms with E-state index in [0.717, 1.165) is 5.56 Å². The van der Waals surface area contributed by atoms with Gasteiger partial charge in [0.1, 0.15) is 6.04 Å². The largest absolute Gasteiger partial charge is 0.366 e. The van der Waals surface area contributed by atoms with Crippen LogP contribution in [-0.4, -0.2) is 25.6 Å². The second kappa shape index (κ2) is 6.62. The van der Waals surface area contributed by atoms with Gasteiger partial charge in [0.05, 0.1) is 16.1 Å². The number of rotatable bonds is 4. The summed E-state index contributed by atoms with van der Waals surface area (Å²) in [5, 5.41) is 19.1. The molecule has 1 aliphatic heterocycles. The number of nitrogens with two attached hydrogens (primary N) is 1. The molecule has 28 heavy (non-hydrogen) atoms. The van der Waals surface area contributed by atoms with Crippen molar-refractivity contribution in [3.05, 3.63) is 81.5 Å². The standard InChI is InChI=1S/C19H16N6O3/c1-11-15(17(20)26)16(13-9-5-6-10-14(13)25(27)28)24-19(21-11)22-18(23-24)12-7-3-2-4-8-12/h2-10,16H,1H3,(H2,20,26)(H,21,22,23). The maximum atomic E-state index is 12.2. The quantitative estimate of drug-likeness (QED) is 0.532.